The van der Waals surface area contributed by atoms with E-state index in [1.807, 2.05) is 11.2 Å². The number of carbonyl (C=O) groups excluding carboxylic acids is 1. The van der Waals surface area contributed by atoms with Gasteiger partial charge in [0.25, 0.3) is 5.91 Å². The first-order chi connectivity index (χ1) is 14.8. The van der Waals surface area contributed by atoms with E-state index in [-0.39, 0.29) is 5.09 Å². The number of carbonyl (C=O) groups is 1. The van der Waals surface area contributed by atoms with Crippen molar-refractivity contribution in [1.82, 2.24) is 4.31 Å². The number of nitrogens with two attached hydrogens (primary N) is 1. The zero-order valence-electron chi connectivity index (χ0n) is 17.4. The second kappa shape index (κ2) is 8.76. The number of aliphatic imine (C=N–C) groups is 1. The number of amidine groups is 1. The Morgan fingerprint density at radius 2 is 2.10 bits per heavy atom. The first kappa shape index (κ1) is 22.0. The van der Waals surface area contributed by atoms with Crippen molar-refractivity contribution in [2.75, 3.05) is 24.2 Å². The molecule has 1 amide bonds. The van der Waals surface area contributed by atoms with Crippen LogP contribution in [0.3, 0.4) is 0 Å². The van der Waals surface area contributed by atoms with E-state index in [4.69, 9.17) is 10.2 Å². The highest BCUT2D eigenvalue weighted by Crippen LogP contribution is 2.37. The summed E-state index contributed by atoms with van der Waals surface area (Å²) < 4.78 is 34.7. The van der Waals surface area contributed by atoms with Crippen LogP contribution in [0.1, 0.15) is 47.9 Å². The summed E-state index contributed by atoms with van der Waals surface area (Å²) in [5.41, 5.74) is 6.20. The summed E-state index contributed by atoms with van der Waals surface area (Å²) in [6.07, 6.45) is 2.64. The third-order valence-corrected chi connectivity index (χ3v) is 7.79. The van der Waals surface area contributed by atoms with Crippen molar-refractivity contribution in [3.05, 3.63) is 47.0 Å². The Hall–Kier alpha value is -2.17. The van der Waals surface area contributed by atoms with Crippen LogP contribution in [0.2, 0.25) is 0 Å². The smallest absolute Gasteiger partial charge is 0.259 e. The van der Waals surface area contributed by atoms with Gasteiger partial charge in [-0.25, -0.2) is 12.9 Å². The highest BCUT2D eigenvalue weighted by Gasteiger charge is 2.32. The second-order valence-electron chi connectivity index (χ2n) is 7.89. The summed E-state index contributed by atoms with van der Waals surface area (Å²) in [6.45, 7) is 4.99. The number of nitrogens with zero attached hydrogens (tertiary/aromatic N) is 2. The first-order valence-corrected chi connectivity index (χ1v) is 12.2. The summed E-state index contributed by atoms with van der Waals surface area (Å²) in [5.74, 6) is 0.325. The second-order valence-corrected chi connectivity index (χ2v) is 10.4. The highest BCUT2D eigenvalue weighted by molar-refractivity contribution is 8.13. The Bertz CT molecular complexity index is 1060. The van der Waals surface area contributed by atoms with Crippen molar-refractivity contribution in [2.24, 2.45) is 10.7 Å². The topological polar surface area (TPSA) is 101 Å². The predicted molar refractivity (Wildman–Crippen MR) is 121 cm³/mol. The molecule has 3 N–H and O–H groups in total. The maximum atomic E-state index is 14.6. The largest absolute Gasteiger partial charge is 0.450 e. The van der Waals surface area contributed by atoms with Crippen molar-refractivity contribution in [3.8, 4) is 0 Å². The molecule has 2 unspecified atom stereocenters. The molecule has 0 spiro atoms. The van der Waals surface area contributed by atoms with Gasteiger partial charge in [-0.3, -0.25) is 9.79 Å². The van der Waals surface area contributed by atoms with Crippen LogP contribution in [-0.4, -0.2) is 38.4 Å². The average molecular weight is 465 g/mol. The summed E-state index contributed by atoms with van der Waals surface area (Å²) >= 11 is 1.45. The number of thioether (sulfide) groups is 1. The normalized spacial score (nSPS) is 22.9. The number of rotatable bonds is 5. The molecule has 1 fully saturated rings. The van der Waals surface area contributed by atoms with Crippen molar-refractivity contribution in [2.45, 2.75) is 43.7 Å². The molecule has 31 heavy (non-hydrogen) atoms. The lowest BCUT2D eigenvalue weighted by molar-refractivity contribution is 0.102. The molecular weight excluding hydrogens is 439 g/mol. The van der Waals surface area contributed by atoms with Crippen LogP contribution in [0.25, 0.3) is 0 Å². The number of halogens is 1. The number of hydrogen-bond acceptors (Lipinski definition) is 6. The lowest BCUT2D eigenvalue weighted by Gasteiger charge is -2.30. The zero-order chi connectivity index (χ0) is 22.2. The molecule has 1 aromatic carbocycles. The van der Waals surface area contributed by atoms with E-state index in [2.05, 4.69) is 10.3 Å². The van der Waals surface area contributed by atoms with E-state index < -0.39 is 28.2 Å². The molecule has 2 aliphatic rings. The Morgan fingerprint density at radius 3 is 2.81 bits per heavy atom. The fourth-order valence-corrected chi connectivity index (χ4v) is 6.08. The molecule has 2 aromatic rings. The van der Waals surface area contributed by atoms with Gasteiger partial charge in [0, 0.05) is 36.2 Å². The van der Waals surface area contributed by atoms with Gasteiger partial charge < -0.3 is 15.5 Å². The molecule has 4 rings (SSSR count). The lowest BCUT2D eigenvalue weighted by atomic mass is 9.89. The van der Waals surface area contributed by atoms with Crippen LogP contribution in [-0.2, 0) is 16.5 Å². The number of anilines is 1. The standard InChI is InChI=1S/C21H25FN4O3S2/c1-13-15(12-18(29-13)31(28)26-8-3-4-9-26)19(27)24-14-5-6-17(22)16(11-14)21(2)7-10-30-20(23)25-21/h5-6,11-12H,3-4,7-10H2,1-2H3,(H2,23,25)(H,24,27). The molecule has 2 aliphatic heterocycles. The number of nitrogens with one attached hydrogen (secondary N) is 1. The van der Waals surface area contributed by atoms with E-state index in [1.165, 1.54) is 30.0 Å². The van der Waals surface area contributed by atoms with Crippen molar-refractivity contribution >= 4 is 39.5 Å². The van der Waals surface area contributed by atoms with Crippen LogP contribution < -0.4 is 11.1 Å². The number of furan rings is 1. The predicted octanol–water partition coefficient (Wildman–Crippen LogP) is 3.76. The van der Waals surface area contributed by atoms with Crippen molar-refractivity contribution in [1.29, 1.82) is 0 Å². The van der Waals surface area contributed by atoms with Gasteiger partial charge in [0.1, 0.15) is 11.6 Å². The van der Waals surface area contributed by atoms with Crippen molar-refractivity contribution in [3.63, 3.8) is 0 Å². The van der Waals surface area contributed by atoms with Gasteiger partial charge in [0.05, 0.1) is 11.1 Å². The highest BCUT2D eigenvalue weighted by atomic mass is 32.2. The van der Waals surface area contributed by atoms with Gasteiger partial charge in [-0.05, 0) is 51.3 Å². The molecule has 0 radical (unpaired) electrons. The van der Waals surface area contributed by atoms with Gasteiger partial charge >= 0.3 is 0 Å². The van der Waals surface area contributed by atoms with E-state index >= 15 is 0 Å². The minimum Gasteiger partial charge on any atom is -0.450 e. The minimum atomic E-state index is -1.42. The Morgan fingerprint density at radius 1 is 1.35 bits per heavy atom. The molecule has 10 heteroatoms. The number of hydrogen-bond donors (Lipinski definition) is 2. The molecule has 1 saturated heterocycles. The molecular formula is C21H25FN4O3S2. The Balaban J connectivity index is 1.55. The van der Waals surface area contributed by atoms with E-state index in [0.29, 0.717) is 34.2 Å². The number of aryl methyl sites for hydroxylation is 1. The van der Waals surface area contributed by atoms with Gasteiger partial charge in [0.15, 0.2) is 16.2 Å². The maximum absolute atomic E-state index is 14.6. The molecule has 0 aliphatic carbocycles. The summed E-state index contributed by atoms with van der Waals surface area (Å²) in [6, 6.07) is 5.94. The zero-order valence-corrected chi connectivity index (χ0v) is 19.1. The third kappa shape index (κ3) is 4.56. The van der Waals surface area contributed by atoms with E-state index in [0.717, 1.165) is 31.7 Å². The van der Waals surface area contributed by atoms with E-state index in [1.54, 1.807) is 13.0 Å². The van der Waals surface area contributed by atoms with Gasteiger partial charge in [0.2, 0.25) is 5.09 Å². The number of amides is 1. The molecule has 7 nitrogen and oxygen atoms in total. The summed E-state index contributed by atoms with van der Waals surface area (Å²) in [4.78, 5) is 17.3. The monoisotopic (exact) mass is 464 g/mol. The van der Waals surface area contributed by atoms with Crippen LogP contribution in [0, 0.1) is 12.7 Å². The van der Waals surface area contributed by atoms with Crippen molar-refractivity contribution < 1.29 is 17.8 Å². The third-order valence-electron chi connectivity index (χ3n) is 5.61. The number of benzene rings is 1. The van der Waals surface area contributed by atoms with Crippen LogP contribution in [0.15, 0.2) is 38.8 Å². The average Bonchev–Trinajstić information content (AvgIpc) is 3.38. The molecule has 3 heterocycles. The van der Waals surface area contributed by atoms with Crippen LogP contribution in [0.4, 0.5) is 10.1 Å². The first-order valence-electron chi connectivity index (χ1n) is 10.1. The molecule has 1 aromatic heterocycles. The Labute approximate surface area is 187 Å². The quantitative estimate of drug-likeness (QED) is 0.702. The summed E-state index contributed by atoms with van der Waals surface area (Å²) in [7, 11) is -1.42. The SMILES string of the molecule is Cc1oc(S(=O)N2CCCC2)cc1C(=O)Nc1ccc(F)c(C2(C)CCSC(N)=N2)c1. The molecule has 166 valence electrons. The van der Waals surface area contributed by atoms with E-state index in [9.17, 15) is 13.4 Å². The Kier molecular flexibility index (Phi) is 6.23. The fraction of sp³-hybridized carbons (Fsp3) is 0.429. The molecule has 0 saturated carbocycles. The molecule has 0 bridgehead atoms. The minimum absolute atomic E-state index is 0.265. The van der Waals surface area contributed by atoms with Gasteiger partial charge in [-0.2, -0.15) is 0 Å². The fourth-order valence-electron chi connectivity index (χ4n) is 3.84. The van der Waals surface area contributed by atoms with Gasteiger partial charge in [-0.1, -0.05) is 11.8 Å². The summed E-state index contributed by atoms with van der Waals surface area (Å²) in [5, 5.41) is 3.48. The lowest BCUT2D eigenvalue weighted by Crippen LogP contribution is -2.29. The van der Waals surface area contributed by atoms with Crippen LogP contribution >= 0.6 is 11.8 Å². The van der Waals surface area contributed by atoms with Gasteiger partial charge in [-0.15, -0.1) is 0 Å². The van der Waals surface area contributed by atoms with Crippen LogP contribution in [0.5, 0.6) is 0 Å². The molecule has 2 atom stereocenters. The maximum Gasteiger partial charge on any atom is 0.259 e.